The molecule has 3 heterocycles. The molecule has 1 fully saturated rings. The van der Waals surface area contributed by atoms with Gasteiger partial charge >= 0.3 is 11.6 Å². The third kappa shape index (κ3) is 5.78. The highest BCUT2D eigenvalue weighted by Gasteiger charge is 2.40. The molecule has 1 aromatic heterocycles. The SMILES string of the molecule is COC[C@H]1O[C@@H](n2cc3c(nc2=O)Nc2c(OCC[NH+]=C(N)N)cccc2O3)C[C@H]1OP(=O)([O-])OC. The van der Waals surface area contributed by atoms with Crippen LogP contribution in [-0.4, -0.2) is 61.7 Å². The topological polar surface area (TPSA) is 208 Å². The van der Waals surface area contributed by atoms with Crippen LogP contribution in [0.5, 0.6) is 17.2 Å². The van der Waals surface area contributed by atoms with Crippen LogP contribution in [0.15, 0.2) is 29.2 Å². The number of ether oxygens (including phenoxy) is 4. The lowest BCUT2D eigenvalue weighted by Gasteiger charge is -2.26. The van der Waals surface area contributed by atoms with Gasteiger partial charge in [0.1, 0.15) is 30.4 Å². The van der Waals surface area contributed by atoms with E-state index >= 15 is 0 Å². The molecule has 2 aliphatic heterocycles. The van der Waals surface area contributed by atoms with Gasteiger partial charge in [0.15, 0.2) is 17.3 Å². The number of guanidine groups is 1. The first kappa shape index (κ1) is 25.9. The van der Waals surface area contributed by atoms with Crippen LogP contribution in [0.1, 0.15) is 12.6 Å². The molecule has 15 nitrogen and oxygen atoms in total. The fraction of sp³-hybridized carbons (Fsp3) is 0.450. The van der Waals surface area contributed by atoms with Crippen LogP contribution in [0.2, 0.25) is 0 Å². The van der Waals surface area contributed by atoms with Crippen LogP contribution in [0.3, 0.4) is 0 Å². The van der Waals surface area contributed by atoms with Crippen LogP contribution in [0, 0.1) is 0 Å². The minimum Gasteiger partial charge on any atom is -0.756 e. The van der Waals surface area contributed by atoms with Crippen LogP contribution < -0.4 is 41.8 Å². The van der Waals surface area contributed by atoms with E-state index in [-0.39, 0.29) is 37.2 Å². The normalized spacial score (nSPS) is 21.9. The van der Waals surface area contributed by atoms with Crippen molar-refractivity contribution in [1.29, 1.82) is 0 Å². The van der Waals surface area contributed by atoms with E-state index in [4.69, 9.17) is 34.9 Å². The molecule has 2 aliphatic rings. The molecule has 2 aromatic rings. The molecule has 4 rings (SSSR count). The average molecular weight is 526 g/mol. The van der Waals surface area contributed by atoms with Crippen molar-refractivity contribution in [2.75, 3.05) is 39.3 Å². The Bertz CT molecular complexity index is 1230. The van der Waals surface area contributed by atoms with Crippen molar-refractivity contribution >= 4 is 25.3 Å². The predicted octanol–water partition coefficient (Wildman–Crippen LogP) is -1.74. The van der Waals surface area contributed by atoms with Gasteiger partial charge in [0, 0.05) is 20.6 Å². The number of aromatic nitrogens is 2. The van der Waals surface area contributed by atoms with E-state index in [2.05, 4.69) is 19.8 Å². The highest BCUT2D eigenvalue weighted by Crippen LogP contribution is 2.46. The molecular formula is C20H27N6O9P. The summed E-state index contributed by atoms with van der Waals surface area (Å²) in [4.78, 5) is 31.5. The van der Waals surface area contributed by atoms with E-state index in [0.717, 1.165) is 7.11 Å². The zero-order valence-electron chi connectivity index (χ0n) is 19.5. The van der Waals surface area contributed by atoms with Crippen molar-refractivity contribution in [3.63, 3.8) is 0 Å². The molecule has 0 bridgehead atoms. The van der Waals surface area contributed by atoms with Crippen LogP contribution in [0.4, 0.5) is 11.5 Å². The number of para-hydroxylation sites is 1. The van der Waals surface area contributed by atoms with Gasteiger partial charge < -0.3 is 38.2 Å². The summed E-state index contributed by atoms with van der Waals surface area (Å²) < 4.78 is 45.2. The number of hydrogen-bond donors (Lipinski definition) is 4. The highest BCUT2D eigenvalue weighted by atomic mass is 31.2. The number of fused-ring (bicyclic) bond motifs is 2. The van der Waals surface area contributed by atoms with Crippen molar-refractivity contribution < 1.29 is 42.4 Å². The van der Waals surface area contributed by atoms with Crippen molar-refractivity contribution in [1.82, 2.24) is 9.55 Å². The number of nitrogens with zero attached hydrogens (tertiary/aromatic N) is 2. The summed E-state index contributed by atoms with van der Waals surface area (Å²) in [6, 6.07) is 5.20. The van der Waals surface area contributed by atoms with E-state index in [1.165, 1.54) is 17.9 Å². The van der Waals surface area contributed by atoms with Gasteiger partial charge in [0.05, 0.1) is 25.5 Å². The number of methoxy groups -OCH3 is 1. The number of nitrogens with one attached hydrogen (secondary N) is 2. The van der Waals surface area contributed by atoms with Gasteiger partial charge in [-0.1, -0.05) is 6.07 Å². The molecule has 16 heteroatoms. The molecule has 36 heavy (non-hydrogen) atoms. The number of anilines is 2. The zero-order valence-corrected chi connectivity index (χ0v) is 20.4. The van der Waals surface area contributed by atoms with E-state index in [9.17, 15) is 14.3 Å². The van der Waals surface area contributed by atoms with Gasteiger partial charge in [0.25, 0.3) is 7.82 Å². The Morgan fingerprint density at radius 1 is 1.36 bits per heavy atom. The molecule has 0 spiro atoms. The summed E-state index contributed by atoms with van der Waals surface area (Å²) in [6.07, 6.45) is -1.10. The van der Waals surface area contributed by atoms with E-state index in [1.54, 1.807) is 18.2 Å². The van der Waals surface area contributed by atoms with Crippen molar-refractivity contribution in [2.45, 2.75) is 24.9 Å². The van der Waals surface area contributed by atoms with Crippen LogP contribution in [0.25, 0.3) is 0 Å². The van der Waals surface area contributed by atoms with Gasteiger partial charge in [-0.2, -0.15) is 4.98 Å². The Morgan fingerprint density at radius 3 is 2.89 bits per heavy atom. The van der Waals surface area contributed by atoms with E-state index in [1.807, 2.05) is 0 Å². The first-order valence-electron chi connectivity index (χ1n) is 10.9. The number of benzene rings is 1. The lowest BCUT2D eigenvalue weighted by Crippen LogP contribution is -2.79. The standard InChI is InChI=1S/C20H27N6O9P/c1-30-10-15-13(35-36(28,29)31-2)8-16(34-15)26-9-14-18(25-20(26)27)24-17-11(4-3-5-12(17)33-14)32-7-6-23-19(21)22/h3-5,9,13,15-16H,6-8,10H2,1-2H3,(H,28,29)(H4,21,22,23)(H,24,25,27)/t13-,15-,16-/m1/s1. The first-order chi connectivity index (χ1) is 17.2. The Morgan fingerprint density at radius 2 is 2.17 bits per heavy atom. The number of hydrogen-bond acceptors (Lipinski definition) is 11. The molecule has 1 unspecified atom stereocenters. The summed E-state index contributed by atoms with van der Waals surface area (Å²) in [5.74, 6) is 1.45. The Hall–Kier alpha value is -3.20. The highest BCUT2D eigenvalue weighted by molar-refractivity contribution is 7.45. The number of nitrogens with two attached hydrogens (primary N) is 2. The molecule has 4 atom stereocenters. The molecule has 0 amide bonds. The Labute approximate surface area is 205 Å². The van der Waals surface area contributed by atoms with E-state index < -0.39 is 31.9 Å². The Kier molecular flexibility index (Phi) is 7.78. The number of phosphoric acid groups is 1. The predicted molar refractivity (Wildman–Crippen MR) is 123 cm³/mol. The van der Waals surface area contributed by atoms with Crippen molar-refractivity contribution in [3.05, 3.63) is 34.9 Å². The molecule has 0 radical (unpaired) electrons. The van der Waals surface area contributed by atoms with Gasteiger partial charge in [-0.3, -0.25) is 25.6 Å². The van der Waals surface area contributed by atoms with Gasteiger partial charge in [-0.15, -0.1) is 0 Å². The summed E-state index contributed by atoms with van der Waals surface area (Å²) >= 11 is 0. The second-order valence-electron chi connectivity index (χ2n) is 7.82. The van der Waals surface area contributed by atoms with Crippen LogP contribution in [-0.2, 0) is 23.1 Å². The summed E-state index contributed by atoms with van der Waals surface area (Å²) in [6.45, 7) is 0.689. The quantitative estimate of drug-likeness (QED) is 0.100. The maximum Gasteiger partial charge on any atom is 0.351 e. The maximum absolute atomic E-state index is 12.9. The lowest BCUT2D eigenvalue weighted by molar-refractivity contribution is -0.461. The molecule has 1 aromatic carbocycles. The monoisotopic (exact) mass is 526 g/mol. The minimum absolute atomic E-state index is 0.0325. The fourth-order valence-corrected chi connectivity index (χ4v) is 4.40. The number of phosphoric ester groups is 1. The molecular weight excluding hydrogens is 499 g/mol. The fourth-order valence-electron chi connectivity index (χ4n) is 3.76. The average Bonchev–Trinajstić information content (AvgIpc) is 3.21. The van der Waals surface area contributed by atoms with Gasteiger partial charge in [-0.05, 0) is 12.1 Å². The van der Waals surface area contributed by atoms with E-state index in [0.29, 0.717) is 23.7 Å². The lowest BCUT2D eigenvalue weighted by atomic mass is 10.2. The first-order valence-corrected chi connectivity index (χ1v) is 12.3. The van der Waals surface area contributed by atoms with Crippen molar-refractivity contribution in [3.8, 4) is 17.2 Å². The van der Waals surface area contributed by atoms with Crippen LogP contribution >= 0.6 is 7.82 Å². The van der Waals surface area contributed by atoms with Gasteiger partial charge in [-0.25, -0.2) is 4.79 Å². The summed E-state index contributed by atoms with van der Waals surface area (Å²) in [7, 11) is -2.11. The molecule has 0 saturated carbocycles. The smallest absolute Gasteiger partial charge is 0.351 e. The molecule has 1 saturated heterocycles. The summed E-state index contributed by atoms with van der Waals surface area (Å²) in [5.41, 5.74) is 10.6. The third-order valence-corrected chi connectivity index (χ3v) is 6.34. The van der Waals surface area contributed by atoms with Crippen molar-refractivity contribution in [2.24, 2.45) is 11.5 Å². The molecule has 196 valence electrons. The largest absolute Gasteiger partial charge is 0.756 e. The second kappa shape index (κ2) is 10.8. The molecule has 6 N–H and O–H groups in total. The second-order valence-corrected chi connectivity index (χ2v) is 9.29. The zero-order chi connectivity index (χ0) is 25.9. The Balaban J connectivity index is 1.54. The minimum atomic E-state index is -4.54. The third-order valence-electron chi connectivity index (χ3n) is 5.37. The summed E-state index contributed by atoms with van der Waals surface area (Å²) in [5, 5.41) is 3.06. The van der Waals surface area contributed by atoms with Gasteiger partial charge in [0.2, 0.25) is 0 Å². The number of rotatable bonds is 10. The molecule has 0 aliphatic carbocycles. The maximum atomic E-state index is 12.9.